The van der Waals surface area contributed by atoms with Gasteiger partial charge in [-0.1, -0.05) is 15.9 Å². The third-order valence-corrected chi connectivity index (χ3v) is 3.76. The molecule has 18 heavy (non-hydrogen) atoms. The van der Waals surface area contributed by atoms with E-state index in [0.717, 1.165) is 5.56 Å². The van der Waals surface area contributed by atoms with Crippen molar-refractivity contribution in [3.05, 3.63) is 38.3 Å². The van der Waals surface area contributed by atoms with E-state index in [1.165, 1.54) is 12.1 Å². The molecule has 1 aromatic rings. The lowest BCUT2D eigenvalue weighted by Crippen LogP contribution is -2.47. The summed E-state index contributed by atoms with van der Waals surface area (Å²) in [7, 11) is 0. The van der Waals surface area contributed by atoms with Crippen LogP contribution in [0.15, 0.2) is 22.7 Å². The van der Waals surface area contributed by atoms with Gasteiger partial charge in [0.2, 0.25) is 0 Å². The Hall–Kier alpha value is -0.980. The minimum absolute atomic E-state index is 0.0559. The fraction of sp³-hybridized carbons (Fsp3) is 0.500. The lowest BCUT2D eigenvalue weighted by atomic mass is 9.98. The third-order valence-electron chi connectivity index (χ3n) is 3.03. The molecule has 0 spiro atoms. The van der Waals surface area contributed by atoms with Gasteiger partial charge < -0.3 is 10.4 Å². The molecule has 0 heterocycles. The van der Waals surface area contributed by atoms with Crippen molar-refractivity contribution in [3.8, 4) is 0 Å². The van der Waals surface area contributed by atoms with E-state index in [0.29, 0.717) is 11.0 Å². The molecule has 5 nitrogen and oxygen atoms in total. The number of rotatable bonds is 5. The quantitative estimate of drug-likeness (QED) is 0.646. The standard InChI is InChI=1S/C12H17BrN2O3/c1-8(16)12(2,3)14-7-9-4-5-10(15(17)18)6-11(9)13/h4-6,8,14,16H,7H2,1-3H3. The highest BCUT2D eigenvalue weighted by Gasteiger charge is 2.23. The van der Waals surface area contributed by atoms with Crippen LogP contribution in [-0.4, -0.2) is 21.7 Å². The van der Waals surface area contributed by atoms with E-state index in [2.05, 4.69) is 21.2 Å². The number of nitro benzene ring substituents is 1. The number of hydrogen-bond acceptors (Lipinski definition) is 4. The Kier molecular flexibility index (Phi) is 4.84. The maximum Gasteiger partial charge on any atom is 0.270 e. The molecule has 0 saturated heterocycles. The maximum atomic E-state index is 10.6. The molecule has 0 aromatic heterocycles. The summed E-state index contributed by atoms with van der Waals surface area (Å²) >= 11 is 3.31. The number of aliphatic hydroxyl groups is 1. The van der Waals surface area contributed by atoms with Crippen molar-refractivity contribution in [2.24, 2.45) is 0 Å². The maximum absolute atomic E-state index is 10.6. The van der Waals surface area contributed by atoms with E-state index >= 15 is 0 Å². The minimum atomic E-state index is -0.491. The predicted molar refractivity (Wildman–Crippen MR) is 73.4 cm³/mol. The summed E-state index contributed by atoms with van der Waals surface area (Å²) in [6.45, 7) is 6.04. The van der Waals surface area contributed by atoms with Crippen LogP contribution in [0.1, 0.15) is 26.3 Å². The van der Waals surface area contributed by atoms with Crippen LogP contribution in [0.5, 0.6) is 0 Å². The summed E-state index contributed by atoms with van der Waals surface area (Å²) in [4.78, 5) is 10.2. The van der Waals surface area contributed by atoms with Gasteiger partial charge in [0.05, 0.1) is 11.0 Å². The van der Waals surface area contributed by atoms with Crippen molar-refractivity contribution < 1.29 is 10.0 Å². The van der Waals surface area contributed by atoms with Gasteiger partial charge in [0.1, 0.15) is 0 Å². The molecule has 100 valence electrons. The molecule has 0 saturated carbocycles. The van der Waals surface area contributed by atoms with E-state index in [1.807, 2.05) is 13.8 Å². The minimum Gasteiger partial charge on any atom is -0.392 e. The topological polar surface area (TPSA) is 75.4 Å². The van der Waals surface area contributed by atoms with Crippen molar-refractivity contribution in [1.29, 1.82) is 0 Å². The van der Waals surface area contributed by atoms with Crippen LogP contribution in [0.3, 0.4) is 0 Å². The molecule has 1 unspecified atom stereocenters. The summed E-state index contributed by atoms with van der Waals surface area (Å²) in [5.74, 6) is 0. The molecule has 0 bridgehead atoms. The van der Waals surface area contributed by atoms with Gasteiger partial charge in [0.15, 0.2) is 0 Å². The van der Waals surface area contributed by atoms with Crippen LogP contribution < -0.4 is 5.32 Å². The van der Waals surface area contributed by atoms with E-state index < -0.39 is 16.6 Å². The van der Waals surface area contributed by atoms with Gasteiger partial charge in [0, 0.05) is 28.7 Å². The number of aliphatic hydroxyl groups excluding tert-OH is 1. The van der Waals surface area contributed by atoms with Crippen molar-refractivity contribution in [2.75, 3.05) is 0 Å². The molecule has 0 radical (unpaired) electrons. The molecule has 6 heteroatoms. The Morgan fingerprint density at radius 3 is 2.61 bits per heavy atom. The van der Waals surface area contributed by atoms with Gasteiger partial charge in [-0.2, -0.15) is 0 Å². The zero-order valence-corrected chi connectivity index (χ0v) is 12.2. The van der Waals surface area contributed by atoms with Crippen LogP contribution in [-0.2, 0) is 6.54 Å². The predicted octanol–water partition coefficient (Wildman–Crippen LogP) is 2.61. The second-order valence-electron chi connectivity index (χ2n) is 4.78. The van der Waals surface area contributed by atoms with Gasteiger partial charge in [-0.15, -0.1) is 0 Å². The fourth-order valence-corrected chi connectivity index (χ4v) is 1.77. The number of halogens is 1. The average molecular weight is 317 g/mol. The average Bonchev–Trinajstić information content (AvgIpc) is 2.26. The van der Waals surface area contributed by atoms with Gasteiger partial charge in [0.25, 0.3) is 5.69 Å². The molecule has 0 aliphatic carbocycles. The molecule has 1 rings (SSSR count). The summed E-state index contributed by atoms with van der Waals surface area (Å²) in [5.41, 5.74) is 0.552. The molecular formula is C12H17BrN2O3. The normalized spacial score (nSPS) is 13.4. The van der Waals surface area contributed by atoms with Crippen molar-refractivity contribution >= 4 is 21.6 Å². The largest absolute Gasteiger partial charge is 0.392 e. The number of benzene rings is 1. The zero-order valence-electron chi connectivity index (χ0n) is 10.6. The summed E-state index contributed by atoms with van der Waals surface area (Å²) in [6, 6.07) is 4.65. The lowest BCUT2D eigenvalue weighted by molar-refractivity contribution is -0.384. The van der Waals surface area contributed by atoms with Crippen LogP contribution in [0.25, 0.3) is 0 Å². The van der Waals surface area contributed by atoms with E-state index in [9.17, 15) is 15.2 Å². The highest BCUT2D eigenvalue weighted by Crippen LogP contribution is 2.23. The summed E-state index contributed by atoms with van der Waals surface area (Å²) in [5, 5.41) is 23.4. The SMILES string of the molecule is CC(O)C(C)(C)NCc1ccc([N+](=O)[O-])cc1Br. The van der Waals surface area contributed by atoms with Gasteiger partial charge in [-0.3, -0.25) is 10.1 Å². The number of nitrogens with zero attached hydrogens (tertiary/aromatic N) is 1. The van der Waals surface area contributed by atoms with Crippen molar-refractivity contribution in [2.45, 2.75) is 39.0 Å². The first-order valence-corrected chi connectivity index (χ1v) is 6.39. The fourth-order valence-electron chi connectivity index (χ4n) is 1.26. The van der Waals surface area contributed by atoms with Gasteiger partial charge in [-0.25, -0.2) is 0 Å². The second kappa shape index (κ2) is 5.77. The van der Waals surface area contributed by atoms with Gasteiger partial charge in [-0.05, 0) is 32.4 Å². The highest BCUT2D eigenvalue weighted by atomic mass is 79.9. The van der Waals surface area contributed by atoms with E-state index in [1.54, 1.807) is 13.0 Å². The number of non-ortho nitro benzene ring substituents is 1. The van der Waals surface area contributed by atoms with Crippen molar-refractivity contribution in [1.82, 2.24) is 5.32 Å². The molecule has 2 N–H and O–H groups in total. The molecule has 0 aliphatic heterocycles. The third kappa shape index (κ3) is 3.76. The molecule has 0 amide bonds. The molecule has 0 aliphatic rings. The monoisotopic (exact) mass is 316 g/mol. The summed E-state index contributed by atoms with van der Waals surface area (Å²) in [6.07, 6.45) is -0.491. The smallest absolute Gasteiger partial charge is 0.270 e. The first-order valence-electron chi connectivity index (χ1n) is 5.60. The van der Waals surface area contributed by atoms with Crippen LogP contribution in [0.2, 0.25) is 0 Å². The lowest BCUT2D eigenvalue weighted by Gasteiger charge is -2.29. The van der Waals surface area contributed by atoms with Crippen LogP contribution in [0.4, 0.5) is 5.69 Å². The highest BCUT2D eigenvalue weighted by molar-refractivity contribution is 9.10. The van der Waals surface area contributed by atoms with Crippen LogP contribution >= 0.6 is 15.9 Å². The van der Waals surface area contributed by atoms with Gasteiger partial charge >= 0.3 is 0 Å². The Morgan fingerprint density at radius 2 is 2.17 bits per heavy atom. The Balaban J connectivity index is 2.78. The van der Waals surface area contributed by atoms with Crippen molar-refractivity contribution in [3.63, 3.8) is 0 Å². The molecule has 0 fully saturated rings. The Morgan fingerprint density at radius 1 is 1.56 bits per heavy atom. The molecule has 1 atom stereocenters. The molecular weight excluding hydrogens is 300 g/mol. The summed E-state index contributed by atoms with van der Waals surface area (Å²) < 4.78 is 0.686. The molecule has 1 aromatic carbocycles. The van der Waals surface area contributed by atoms with Crippen LogP contribution in [0, 0.1) is 10.1 Å². The van der Waals surface area contributed by atoms with E-state index in [-0.39, 0.29) is 5.69 Å². The number of hydrogen-bond donors (Lipinski definition) is 2. The Bertz CT molecular complexity index is 447. The first kappa shape index (κ1) is 15.1. The number of nitrogens with one attached hydrogen (secondary N) is 1. The number of nitro groups is 1. The first-order chi connectivity index (χ1) is 8.24. The zero-order chi connectivity index (χ0) is 13.9. The Labute approximate surface area is 114 Å². The second-order valence-corrected chi connectivity index (χ2v) is 5.64. The van der Waals surface area contributed by atoms with E-state index in [4.69, 9.17) is 0 Å².